The van der Waals surface area contributed by atoms with E-state index in [1.807, 2.05) is 6.07 Å². The summed E-state index contributed by atoms with van der Waals surface area (Å²) in [6.07, 6.45) is 1.08. The van der Waals surface area contributed by atoms with Gasteiger partial charge in [0.05, 0.1) is 0 Å². The molecule has 1 heterocycles. The molecule has 1 nitrogen and oxygen atoms in total. The average molecular weight is 263 g/mol. The summed E-state index contributed by atoms with van der Waals surface area (Å²) >= 11 is 0.556. The second-order valence-corrected chi connectivity index (χ2v) is 5.55. The molecule has 76 valence electrons. The van der Waals surface area contributed by atoms with Crippen LogP contribution < -0.4 is 0 Å². The van der Waals surface area contributed by atoms with Gasteiger partial charge in [0.25, 0.3) is 0 Å². The molecule has 0 saturated heterocycles. The Hall–Kier alpha value is -1.00. The van der Waals surface area contributed by atoms with Crippen LogP contribution in [0.15, 0.2) is 35.9 Å². The standard InChI is InChI=1S/C13H12OSe/c14-9-4-7-12-8-10-15-13(12)11-5-2-1-3-6-11/h1-3,5-6,14H,8-10H2. The number of hydrogen-bond acceptors (Lipinski definition) is 1. The summed E-state index contributed by atoms with van der Waals surface area (Å²) in [6, 6.07) is 10.4. The summed E-state index contributed by atoms with van der Waals surface area (Å²) < 4.78 is 1.42. The Morgan fingerprint density at radius 3 is 2.80 bits per heavy atom. The van der Waals surface area contributed by atoms with E-state index in [9.17, 15) is 0 Å². The molecular formula is C13H12OSe. The first-order chi connectivity index (χ1) is 7.42. The van der Waals surface area contributed by atoms with Gasteiger partial charge in [-0.3, -0.25) is 0 Å². The molecular weight excluding hydrogens is 251 g/mol. The third-order valence-corrected chi connectivity index (χ3v) is 4.70. The number of aliphatic hydroxyl groups excluding tert-OH is 1. The van der Waals surface area contributed by atoms with Gasteiger partial charge in [0, 0.05) is 0 Å². The second kappa shape index (κ2) is 5.19. The van der Waals surface area contributed by atoms with Crippen LogP contribution in [0.4, 0.5) is 0 Å². The molecule has 15 heavy (non-hydrogen) atoms. The second-order valence-electron chi connectivity index (χ2n) is 3.23. The monoisotopic (exact) mass is 264 g/mol. The van der Waals surface area contributed by atoms with Gasteiger partial charge in [-0.15, -0.1) is 0 Å². The number of allylic oxidation sites excluding steroid dienone is 1. The molecule has 0 aromatic heterocycles. The first kappa shape index (κ1) is 10.5. The molecule has 2 rings (SSSR count). The maximum absolute atomic E-state index is 8.69. The first-order valence-electron chi connectivity index (χ1n) is 4.93. The zero-order valence-corrected chi connectivity index (χ0v) is 10.1. The molecule has 0 amide bonds. The van der Waals surface area contributed by atoms with Gasteiger partial charge in [0.2, 0.25) is 0 Å². The molecule has 0 radical (unpaired) electrons. The molecule has 1 aliphatic heterocycles. The Morgan fingerprint density at radius 1 is 1.27 bits per heavy atom. The van der Waals surface area contributed by atoms with E-state index >= 15 is 0 Å². The Kier molecular flexibility index (Phi) is 3.63. The number of hydrogen-bond donors (Lipinski definition) is 1. The summed E-state index contributed by atoms with van der Waals surface area (Å²) in [5.74, 6) is 5.82. The third kappa shape index (κ3) is 2.52. The number of benzene rings is 1. The van der Waals surface area contributed by atoms with Crippen LogP contribution in [-0.2, 0) is 0 Å². The fourth-order valence-electron chi connectivity index (χ4n) is 1.57. The first-order valence-corrected chi connectivity index (χ1v) is 6.99. The van der Waals surface area contributed by atoms with Gasteiger partial charge in [0.15, 0.2) is 0 Å². The van der Waals surface area contributed by atoms with E-state index in [0.717, 1.165) is 6.42 Å². The van der Waals surface area contributed by atoms with Gasteiger partial charge in [-0.05, 0) is 0 Å². The van der Waals surface area contributed by atoms with E-state index in [2.05, 4.69) is 36.1 Å². The molecule has 1 aromatic rings. The summed E-state index contributed by atoms with van der Waals surface area (Å²) in [6.45, 7) is -0.0431. The van der Waals surface area contributed by atoms with Crippen LogP contribution in [0.25, 0.3) is 4.47 Å². The molecule has 1 aromatic carbocycles. The van der Waals surface area contributed by atoms with Crippen molar-refractivity contribution < 1.29 is 5.11 Å². The Labute approximate surface area is 96.4 Å². The van der Waals surface area contributed by atoms with Crippen molar-refractivity contribution in [2.24, 2.45) is 0 Å². The van der Waals surface area contributed by atoms with E-state index < -0.39 is 0 Å². The average Bonchev–Trinajstić information content (AvgIpc) is 2.75. The minimum atomic E-state index is -0.0431. The molecule has 2 heteroatoms. The summed E-state index contributed by atoms with van der Waals surface area (Å²) in [5.41, 5.74) is 2.53. The molecule has 0 atom stereocenters. The van der Waals surface area contributed by atoms with Gasteiger partial charge in [0.1, 0.15) is 0 Å². The van der Waals surface area contributed by atoms with Gasteiger partial charge < -0.3 is 0 Å². The van der Waals surface area contributed by atoms with Crippen LogP contribution in [0.3, 0.4) is 0 Å². The van der Waals surface area contributed by atoms with Crippen LogP contribution >= 0.6 is 0 Å². The zero-order valence-electron chi connectivity index (χ0n) is 8.36. The van der Waals surface area contributed by atoms with Crippen molar-refractivity contribution in [2.75, 3.05) is 6.61 Å². The fourth-order valence-corrected chi connectivity index (χ4v) is 3.96. The van der Waals surface area contributed by atoms with Crippen molar-refractivity contribution >= 4 is 19.4 Å². The number of rotatable bonds is 1. The predicted octanol–water partition coefficient (Wildman–Crippen LogP) is 1.92. The molecule has 0 spiro atoms. The van der Waals surface area contributed by atoms with Gasteiger partial charge in [-0.25, -0.2) is 0 Å². The van der Waals surface area contributed by atoms with Crippen molar-refractivity contribution in [3.05, 3.63) is 41.5 Å². The quantitative estimate of drug-likeness (QED) is 0.606. The molecule has 0 bridgehead atoms. The van der Waals surface area contributed by atoms with E-state index in [4.69, 9.17) is 5.11 Å². The van der Waals surface area contributed by atoms with Crippen LogP contribution in [0.1, 0.15) is 12.0 Å². The van der Waals surface area contributed by atoms with Crippen molar-refractivity contribution in [3.63, 3.8) is 0 Å². The van der Waals surface area contributed by atoms with Gasteiger partial charge >= 0.3 is 96.2 Å². The molecule has 1 N–H and O–H groups in total. The van der Waals surface area contributed by atoms with E-state index in [1.54, 1.807) is 0 Å². The van der Waals surface area contributed by atoms with Crippen molar-refractivity contribution in [1.82, 2.24) is 0 Å². The summed E-state index contributed by atoms with van der Waals surface area (Å²) in [4.78, 5) is 0. The van der Waals surface area contributed by atoms with Crippen LogP contribution in [0, 0.1) is 11.8 Å². The minimum absolute atomic E-state index is 0.0431. The van der Waals surface area contributed by atoms with Gasteiger partial charge in [-0.2, -0.15) is 0 Å². The normalized spacial score (nSPS) is 15.0. The fraction of sp³-hybridized carbons (Fsp3) is 0.231. The molecule has 0 aliphatic carbocycles. The van der Waals surface area contributed by atoms with E-state index in [-0.39, 0.29) is 6.61 Å². The molecule has 0 fully saturated rings. The number of aliphatic hydroxyl groups is 1. The van der Waals surface area contributed by atoms with E-state index in [0.29, 0.717) is 15.0 Å². The predicted molar refractivity (Wildman–Crippen MR) is 63.4 cm³/mol. The van der Waals surface area contributed by atoms with Crippen LogP contribution in [0.2, 0.25) is 5.32 Å². The Bertz CT molecular complexity index is 423. The van der Waals surface area contributed by atoms with Gasteiger partial charge in [-0.1, -0.05) is 0 Å². The molecule has 0 unspecified atom stereocenters. The Balaban J connectivity index is 2.34. The van der Waals surface area contributed by atoms with Crippen LogP contribution in [0.5, 0.6) is 0 Å². The van der Waals surface area contributed by atoms with Crippen molar-refractivity contribution in [3.8, 4) is 11.8 Å². The van der Waals surface area contributed by atoms with Crippen molar-refractivity contribution in [2.45, 2.75) is 11.7 Å². The summed E-state index contributed by atoms with van der Waals surface area (Å²) in [5, 5.41) is 9.94. The van der Waals surface area contributed by atoms with Crippen LogP contribution in [-0.4, -0.2) is 26.7 Å². The Morgan fingerprint density at radius 2 is 2.07 bits per heavy atom. The summed E-state index contributed by atoms with van der Waals surface area (Å²) in [7, 11) is 0. The molecule has 1 aliphatic rings. The zero-order chi connectivity index (χ0) is 10.5. The third-order valence-electron chi connectivity index (χ3n) is 2.23. The topological polar surface area (TPSA) is 20.2 Å². The van der Waals surface area contributed by atoms with E-state index in [1.165, 1.54) is 20.9 Å². The molecule has 0 saturated carbocycles. The SMILES string of the molecule is OCC#CC1=C(c2ccccc2)[Se]CC1. The van der Waals surface area contributed by atoms with Crippen molar-refractivity contribution in [1.29, 1.82) is 0 Å². The maximum atomic E-state index is 8.69.